The van der Waals surface area contributed by atoms with Crippen LogP contribution in [0.5, 0.6) is 0 Å². The Hall–Kier alpha value is -1.92. The lowest BCUT2D eigenvalue weighted by Gasteiger charge is -2.33. The molecule has 0 fully saturated rings. The van der Waals surface area contributed by atoms with Crippen LogP contribution in [0.15, 0.2) is 28.7 Å². The lowest BCUT2D eigenvalue weighted by Crippen LogP contribution is -2.50. The van der Waals surface area contributed by atoms with Crippen molar-refractivity contribution in [1.82, 2.24) is 0 Å². The van der Waals surface area contributed by atoms with Gasteiger partial charge < -0.3 is 0 Å². The van der Waals surface area contributed by atoms with Crippen LogP contribution in [0.4, 0.5) is 52.7 Å². The second-order valence-electron chi connectivity index (χ2n) is 5.53. The predicted molar refractivity (Wildman–Crippen MR) is 78.2 cm³/mol. The van der Waals surface area contributed by atoms with E-state index in [9.17, 15) is 52.7 Å². The van der Waals surface area contributed by atoms with Gasteiger partial charge in [-0.2, -0.15) is 39.5 Å². The Morgan fingerprint density at radius 2 is 1.17 bits per heavy atom. The molecule has 2 aromatic carbocycles. The van der Waals surface area contributed by atoms with Crippen molar-refractivity contribution >= 4 is 15.9 Å². The summed E-state index contributed by atoms with van der Waals surface area (Å²) < 4.78 is 159. The van der Waals surface area contributed by atoms with Gasteiger partial charge in [0.15, 0.2) is 0 Å². The molecule has 2 aromatic rings. The highest BCUT2D eigenvalue weighted by Gasteiger charge is 2.74. The van der Waals surface area contributed by atoms with Crippen LogP contribution in [0.1, 0.15) is 11.1 Å². The second kappa shape index (κ2) is 7.10. The molecule has 0 aliphatic rings. The van der Waals surface area contributed by atoms with E-state index in [0.717, 1.165) is 0 Å². The highest BCUT2D eigenvalue weighted by molar-refractivity contribution is 9.10. The molecule has 2 rings (SSSR count). The Bertz CT molecular complexity index is 889. The van der Waals surface area contributed by atoms with Gasteiger partial charge in [0, 0.05) is 21.7 Å². The minimum atomic E-state index is -6.83. The van der Waals surface area contributed by atoms with Gasteiger partial charge in [0.05, 0.1) is 11.1 Å². The van der Waals surface area contributed by atoms with Gasteiger partial charge in [-0.1, -0.05) is 6.07 Å². The van der Waals surface area contributed by atoms with E-state index in [1.807, 2.05) is 0 Å². The maximum atomic E-state index is 14.6. The lowest BCUT2D eigenvalue weighted by molar-refractivity contribution is -0.348. The number of benzene rings is 2. The molecule has 0 saturated carbocycles. The van der Waals surface area contributed by atoms with Crippen molar-refractivity contribution < 1.29 is 52.7 Å². The van der Waals surface area contributed by atoms with Crippen LogP contribution in [-0.4, -0.2) is 12.4 Å². The van der Waals surface area contributed by atoms with E-state index >= 15 is 0 Å². The molecule has 0 aliphatic carbocycles. The quantitative estimate of drug-likeness (QED) is 0.372. The predicted octanol–water partition coefficient (Wildman–Crippen LogP) is 7.50. The van der Waals surface area contributed by atoms with E-state index in [1.54, 1.807) is 0 Å². The SMILES string of the molecule is Fc1cccc(F)c1-c1c(Br)[c]c(C(F)(F)F)cc1C(F)(C(F)(F)F)C(F)(F)F. The first kappa shape index (κ1) is 23.4. The molecule has 0 nitrogen and oxygen atoms in total. The van der Waals surface area contributed by atoms with E-state index < -0.39 is 68.6 Å². The van der Waals surface area contributed by atoms with Crippen molar-refractivity contribution in [2.24, 2.45) is 0 Å². The first-order chi connectivity index (χ1) is 12.9. The fourth-order valence-corrected chi connectivity index (χ4v) is 3.05. The number of halogens is 13. The molecule has 0 spiro atoms. The minimum Gasteiger partial charge on any atom is -0.218 e. The third-order valence-corrected chi connectivity index (χ3v) is 4.29. The molecule has 0 saturated heterocycles. The summed E-state index contributed by atoms with van der Waals surface area (Å²) in [6.07, 6.45) is -19.2. The largest absolute Gasteiger partial charge is 0.435 e. The summed E-state index contributed by atoms with van der Waals surface area (Å²) in [7, 11) is 0. The summed E-state index contributed by atoms with van der Waals surface area (Å²) in [5, 5.41) is 0. The maximum Gasteiger partial charge on any atom is 0.435 e. The molecular formula is C16H4BrF12. The zero-order valence-corrected chi connectivity index (χ0v) is 14.8. The first-order valence-electron chi connectivity index (χ1n) is 7.03. The normalized spacial score (nSPS) is 13.7. The number of hydrogen-bond acceptors (Lipinski definition) is 0. The highest BCUT2D eigenvalue weighted by atomic mass is 79.9. The molecule has 29 heavy (non-hydrogen) atoms. The van der Waals surface area contributed by atoms with Crippen molar-refractivity contribution in [1.29, 1.82) is 0 Å². The zero-order valence-electron chi connectivity index (χ0n) is 13.2. The molecule has 1 radical (unpaired) electrons. The smallest absolute Gasteiger partial charge is 0.218 e. The Labute approximate surface area is 162 Å². The highest BCUT2D eigenvalue weighted by Crippen LogP contribution is 2.57. The first-order valence-corrected chi connectivity index (χ1v) is 7.82. The topological polar surface area (TPSA) is 0 Å². The fraction of sp³-hybridized carbons (Fsp3) is 0.250. The molecule has 0 aromatic heterocycles. The molecule has 0 N–H and O–H groups in total. The van der Waals surface area contributed by atoms with Gasteiger partial charge in [0.2, 0.25) is 0 Å². The summed E-state index contributed by atoms with van der Waals surface area (Å²) in [5.74, 6) is -3.49. The lowest BCUT2D eigenvalue weighted by atomic mass is 9.85. The van der Waals surface area contributed by atoms with E-state index in [2.05, 4.69) is 15.9 Å². The Morgan fingerprint density at radius 3 is 1.55 bits per heavy atom. The molecule has 0 bridgehead atoms. The van der Waals surface area contributed by atoms with Gasteiger partial charge >= 0.3 is 24.2 Å². The summed E-state index contributed by atoms with van der Waals surface area (Å²) in [6, 6.07) is 2.02. The molecule has 0 unspecified atom stereocenters. The van der Waals surface area contributed by atoms with Crippen molar-refractivity contribution in [3.63, 3.8) is 0 Å². The van der Waals surface area contributed by atoms with Gasteiger partial charge in [0.25, 0.3) is 0 Å². The summed E-state index contributed by atoms with van der Waals surface area (Å²) in [5.41, 5.74) is -14.7. The Morgan fingerprint density at radius 1 is 0.724 bits per heavy atom. The van der Waals surface area contributed by atoms with E-state index in [-0.39, 0.29) is 0 Å². The van der Waals surface area contributed by atoms with Crippen molar-refractivity contribution in [2.75, 3.05) is 0 Å². The van der Waals surface area contributed by atoms with Gasteiger partial charge in [-0.3, -0.25) is 0 Å². The number of hydrogen-bond donors (Lipinski definition) is 0. The Kier molecular flexibility index (Phi) is 5.72. The molecule has 159 valence electrons. The summed E-state index contributed by atoms with van der Waals surface area (Å²) >= 11 is 2.23. The van der Waals surface area contributed by atoms with Crippen LogP contribution >= 0.6 is 15.9 Å². The fourth-order valence-electron chi connectivity index (χ4n) is 2.42. The minimum absolute atomic E-state index is 0.410. The van der Waals surface area contributed by atoms with Crippen LogP contribution in [-0.2, 0) is 11.8 Å². The molecule has 0 aliphatic heterocycles. The van der Waals surface area contributed by atoms with Gasteiger partial charge in [-0.25, -0.2) is 13.2 Å². The Balaban J connectivity index is 3.12. The molecule has 0 heterocycles. The second-order valence-corrected chi connectivity index (χ2v) is 6.33. The molecule has 0 atom stereocenters. The monoisotopic (exact) mass is 503 g/mol. The van der Waals surface area contributed by atoms with E-state index in [1.165, 1.54) is 6.07 Å². The summed E-state index contributed by atoms with van der Waals surface area (Å²) in [4.78, 5) is 0. The van der Waals surface area contributed by atoms with Crippen molar-refractivity contribution in [2.45, 2.75) is 24.2 Å². The van der Waals surface area contributed by atoms with Gasteiger partial charge in [-0.15, -0.1) is 0 Å². The van der Waals surface area contributed by atoms with Crippen LogP contribution < -0.4 is 0 Å². The van der Waals surface area contributed by atoms with Gasteiger partial charge in [0.1, 0.15) is 11.6 Å². The van der Waals surface area contributed by atoms with E-state index in [4.69, 9.17) is 0 Å². The van der Waals surface area contributed by atoms with Crippen LogP contribution in [0.2, 0.25) is 0 Å². The van der Waals surface area contributed by atoms with Crippen LogP contribution in [0.25, 0.3) is 11.1 Å². The number of alkyl halides is 10. The third kappa shape index (κ3) is 3.92. The standard InChI is InChI=1S/C16H4BrF12/c17-8-5-6(14(21,22)23)4-7(13(20,15(24,25)26)16(27,28)29)11(8)12-9(18)2-1-3-10(12)19/h1-4H. The average Bonchev–Trinajstić information content (AvgIpc) is 2.51. The third-order valence-electron chi connectivity index (χ3n) is 3.69. The molecule has 0 amide bonds. The zero-order chi connectivity index (χ0) is 22.6. The van der Waals surface area contributed by atoms with Crippen LogP contribution in [0.3, 0.4) is 0 Å². The molecule has 13 heteroatoms. The summed E-state index contributed by atoms with van der Waals surface area (Å²) in [6.45, 7) is 0. The maximum absolute atomic E-state index is 14.6. The van der Waals surface area contributed by atoms with Crippen molar-refractivity contribution in [3.05, 3.63) is 57.6 Å². The van der Waals surface area contributed by atoms with E-state index in [0.29, 0.717) is 18.2 Å². The molecular weight excluding hydrogens is 500 g/mol. The van der Waals surface area contributed by atoms with Gasteiger partial charge in [-0.05, 0) is 34.1 Å². The average molecular weight is 504 g/mol. The van der Waals surface area contributed by atoms with Crippen LogP contribution in [0, 0.1) is 17.7 Å². The number of rotatable bonds is 2. The van der Waals surface area contributed by atoms with Crippen molar-refractivity contribution in [3.8, 4) is 11.1 Å².